The number of thioether (sulfide) groups is 1. The van der Waals surface area contributed by atoms with Crippen LogP contribution in [-0.2, 0) is 11.2 Å². The number of aromatic nitrogens is 2. The minimum absolute atomic E-state index is 0.0524. The summed E-state index contributed by atoms with van der Waals surface area (Å²) in [5.41, 5.74) is 2.20. The zero-order chi connectivity index (χ0) is 21.8. The molecule has 2 aliphatic heterocycles. The molecular weight excluding hydrogens is 426 g/mol. The third-order valence-electron chi connectivity index (χ3n) is 5.70. The molecule has 1 aromatic heterocycles. The third kappa shape index (κ3) is 4.75. The van der Waals surface area contributed by atoms with Crippen molar-refractivity contribution in [3.05, 3.63) is 65.5 Å². The smallest absolute Gasteiger partial charge is 0.277 e. The van der Waals surface area contributed by atoms with E-state index in [0.717, 1.165) is 48.4 Å². The van der Waals surface area contributed by atoms with E-state index in [-0.39, 0.29) is 17.7 Å². The Morgan fingerprint density at radius 3 is 2.75 bits per heavy atom. The highest BCUT2D eigenvalue weighted by molar-refractivity contribution is 7.99. The molecule has 8 heteroatoms. The Bertz CT molecular complexity index is 1070. The van der Waals surface area contributed by atoms with Gasteiger partial charge in [-0.15, -0.1) is 10.2 Å². The summed E-state index contributed by atoms with van der Waals surface area (Å²) >= 11 is 1.29. The standard InChI is InChI=1S/C24H25N3O4S/c28-23(16-32-24-26-25-22(31-24)14-17-6-2-1-3-7-17)27-11-4-8-19(27)18-9-10-20-21(15-18)30-13-5-12-29-20/h1-3,6-7,9-10,15,19H,4-5,8,11-14,16H2/t19-/m1/s1. The Kier molecular flexibility index (Phi) is 6.29. The molecule has 0 bridgehead atoms. The van der Waals surface area contributed by atoms with E-state index in [2.05, 4.69) is 10.2 Å². The molecule has 2 aromatic carbocycles. The van der Waals surface area contributed by atoms with Gasteiger partial charge in [0.1, 0.15) is 0 Å². The van der Waals surface area contributed by atoms with Gasteiger partial charge >= 0.3 is 0 Å². The van der Waals surface area contributed by atoms with E-state index in [1.807, 2.05) is 53.4 Å². The number of benzene rings is 2. The predicted octanol–water partition coefficient (Wildman–Crippen LogP) is 4.28. The topological polar surface area (TPSA) is 77.7 Å². The summed E-state index contributed by atoms with van der Waals surface area (Å²) in [5, 5.41) is 8.63. The van der Waals surface area contributed by atoms with Crippen molar-refractivity contribution in [1.82, 2.24) is 15.1 Å². The summed E-state index contributed by atoms with van der Waals surface area (Å²) in [6.45, 7) is 2.07. The lowest BCUT2D eigenvalue weighted by Crippen LogP contribution is -2.32. The summed E-state index contributed by atoms with van der Waals surface area (Å²) in [5.74, 6) is 2.45. The van der Waals surface area contributed by atoms with Crippen LogP contribution in [0, 0.1) is 0 Å². The highest BCUT2D eigenvalue weighted by Gasteiger charge is 2.31. The first-order valence-electron chi connectivity index (χ1n) is 10.9. The van der Waals surface area contributed by atoms with Crippen molar-refractivity contribution in [2.75, 3.05) is 25.5 Å². The fourth-order valence-corrected chi connectivity index (χ4v) is 4.81. The second-order valence-corrected chi connectivity index (χ2v) is 8.84. The predicted molar refractivity (Wildman–Crippen MR) is 120 cm³/mol. The van der Waals surface area contributed by atoms with Crippen LogP contribution in [0.15, 0.2) is 58.2 Å². The van der Waals surface area contributed by atoms with Gasteiger partial charge in [0.2, 0.25) is 11.8 Å². The van der Waals surface area contributed by atoms with Crippen LogP contribution in [0.1, 0.15) is 42.3 Å². The van der Waals surface area contributed by atoms with Crippen molar-refractivity contribution in [2.45, 2.75) is 36.9 Å². The average molecular weight is 452 g/mol. The summed E-state index contributed by atoms with van der Waals surface area (Å²) in [6, 6.07) is 16.1. The monoisotopic (exact) mass is 451 g/mol. The Balaban J connectivity index is 1.21. The first-order valence-corrected chi connectivity index (χ1v) is 11.9. The lowest BCUT2D eigenvalue weighted by Gasteiger charge is -2.25. The molecule has 7 nitrogen and oxygen atoms in total. The summed E-state index contributed by atoms with van der Waals surface area (Å²) in [4.78, 5) is 15.0. The second kappa shape index (κ2) is 9.65. The number of ether oxygens (including phenoxy) is 2. The van der Waals surface area contributed by atoms with Crippen molar-refractivity contribution < 1.29 is 18.7 Å². The fourth-order valence-electron chi connectivity index (χ4n) is 4.14. The summed E-state index contributed by atoms with van der Waals surface area (Å²) in [7, 11) is 0. The Morgan fingerprint density at radius 1 is 1.03 bits per heavy atom. The Hall–Kier alpha value is -3.00. The molecule has 0 N–H and O–H groups in total. The maximum atomic E-state index is 13.0. The lowest BCUT2D eigenvalue weighted by molar-refractivity contribution is -0.129. The fraction of sp³-hybridized carbons (Fsp3) is 0.375. The number of hydrogen-bond acceptors (Lipinski definition) is 7. The highest BCUT2D eigenvalue weighted by atomic mass is 32.2. The normalized spacial score (nSPS) is 17.9. The van der Waals surface area contributed by atoms with Crippen molar-refractivity contribution in [3.63, 3.8) is 0 Å². The van der Waals surface area contributed by atoms with E-state index >= 15 is 0 Å². The minimum Gasteiger partial charge on any atom is -0.490 e. The van der Waals surface area contributed by atoms with Crippen LogP contribution in [0.3, 0.4) is 0 Å². The molecule has 1 amide bonds. The number of carbonyl (C=O) groups excluding carboxylic acids is 1. The van der Waals surface area contributed by atoms with Crippen LogP contribution in [0.4, 0.5) is 0 Å². The summed E-state index contributed by atoms with van der Waals surface area (Å²) < 4.78 is 17.3. The van der Waals surface area contributed by atoms with Crippen molar-refractivity contribution >= 4 is 17.7 Å². The van der Waals surface area contributed by atoms with E-state index in [4.69, 9.17) is 13.9 Å². The molecule has 1 saturated heterocycles. The van der Waals surface area contributed by atoms with Crippen LogP contribution < -0.4 is 9.47 Å². The molecule has 166 valence electrons. The molecule has 2 aliphatic rings. The van der Waals surface area contributed by atoms with Crippen molar-refractivity contribution in [3.8, 4) is 11.5 Å². The van der Waals surface area contributed by atoms with E-state index in [1.54, 1.807) is 0 Å². The number of fused-ring (bicyclic) bond motifs is 1. The molecule has 0 aliphatic carbocycles. The van der Waals surface area contributed by atoms with Gasteiger partial charge < -0.3 is 18.8 Å². The maximum absolute atomic E-state index is 13.0. The van der Waals surface area contributed by atoms with Crippen LogP contribution in [0.2, 0.25) is 0 Å². The lowest BCUT2D eigenvalue weighted by atomic mass is 10.0. The molecule has 3 aromatic rings. The molecule has 3 heterocycles. The Morgan fingerprint density at radius 2 is 1.88 bits per heavy atom. The number of rotatable bonds is 6. The van der Waals surface area contributed by atoms with Crippen LogP contribution in [-0.4, -0.2) is 46.5 Å². The minimum atomic E-state index is 0.0524. The number of amides is 1. The molecule has 32 heavy (non-hydrogen) atoms. The maximum Gasteiger partial charge on any atom is 0.277 e. The number of carbonyl (C=O) groups is 1. The van der Waals surface area contributed by atoms with Gasteiger partial charge in [-0.25, -0.2) is 0 Å². The van der Waals surface area contributed by atoms with Gasteiger partial charge in [-0.1, -0.05) is 48.2 Å². The zero-order valence-corrected chi connectivity index (χ0v) is 18.6. The van der Waals surface area contributed by atoms with E-state index < -0.39 is 0 Å². The van der Waals surface area contributed by atoms with E-state index in [1.165, 1.54) is 11.8 Å². The third-order valence-corrected chi connectivity index (χ3v) is 6.50. The molecule has 0 unspecified atom stereocenters. The molecule has 5 rings (SSSR count). The average Bonchev–Trinajstić information content (AvgIpc) is 3.42. The van der Waals surface area contributed by atoms with E-state index in [9.17, 15) is 4.79 Å². The number of hydrogen-bond donors (Lipinski definition) is 0. The SMILES string of the molecule is O=C(CSc1nnc(Cc2ccccc2)o1)N1CCC[C@@H]1c1ccc2c(c1)OCCCO2. The summed E-state index contributed by atoms with van der Waals surface area (Å²) in [6.07, 6.45) is 3.38. The largest absolute Gasteiger partial charge is 0.490 e. The first kappa shape index (κ1) is 20.9. The van der Waals surface area contributed by atoms with Gasteiger partial charge in [-0.2, -0.15) is 0 Å². The van der Waals surface area contributed by atoms with Crippen LogP contribution in [0.25, 0.3) is 0 Å². The van der Waals surface area contributed by atoms with Crippen LogP contribution in [0.5, 0.6) is 11.5 Å². The van der Waals surface area contributed by atoms with Gasteiger partial charge in [0.25, 0.3) is 5.22 Å². The van der Waals surface area contributed by atoms with Gasteiger partial charge in [0, 0.05) is 13.0 Å². The quantitative estimate of drug-likeness (QED) is 0.518. The molecule has 1 atom stereocenters. The van der Waals surface area contributed by atoms with Crippen molar-refractivity contribution in [2.24, 2.45) is 0 Å². The Labute approximate surface area is 191 Å². The molecule has 0 radical (unpaired) electrons. The van der Waals surface area contributed by atoms with Crippen LogP contribution >= 0.6 is 11.8 Å². The molecule has 0 saturated carbocycles. The zero-order valence-electron chi connectivity index (χ0n) is 17.7. The van der Waals surface area contributed by atoms with E-state index in [0.29, 0.717) is 30.7 Å². The molecule has 0 spiro atoms. The van der Waals surface area contributed by atoms with Gasteiger partial charge in [0.05, 0.1) is 31.4 Å². The number of nitrogens with zero attached hydrogens (tertiary/aromatic N) is 3. The highest BCUT2D eigenvalue weighted by Crippen LogP contribution is 2.38. The van der Waals surface area contributed by atoms with Gasteiger partial charge in [-0.3, -0.25) is 4.79 Å². The van der Waals surface area contributed by atoms with Crippen molar-refractivity contribution in [1.29, 1.82) is 0 Å². The first-order chi connectivity index (χ1) is 15.8. The van der Waals surface area contributed by atoms with Gasteiger partial charge in [-0.05, 0) is 36.1 Å². The molecule has 1 fully saturated rings. The second-order valence-electron chi connectivity index (χ2n) is 7.91. The number of likely N-dealkylation sites (tertiary alicyclic amines) is 1. The van der Waals surface area contributed by atoms with Gasteiger partial charge in [0.15, 0.2) is 11.5 Å². The molecular formula is C24H25N3O4S.